The van der Waals surface area contributed by atoms with E-state index in [4.69, 9.17) is 16.3 Å². The fraction of sp³-hybridized carbons (Fsp3) is 0.533. The number of amides is 1. The number of aryl methyl sites for hydroxylation is 1. The lowest BCUT2D eigenvalue weighted by Crippen LogP contribution is -2.42. The molecule has 1 atom stereocenters. The number of carbonyl (C=O) groups excluding carboxylic acids is 1. The van der Waals surface area contributed by atoms with Gasteiger partial charge < -0.3 is 10.1 Å². The van der Waals surface area contributed by atoms with Crippen molar-refractivity contribution < 1.29 is 9.53 Å². The lowest BCUT2D eigenvalue weighted by Gasteiger charge is -2.22. The van der Waals surface area contributed by atoms with Crippen LogP contribution in [0.4, 0.5) is 0 Å². The summed E-state index contributed by atoms with van der Waals surface area (Å²) < 4.78 is 5.79. The SMILES string of the molecule is Cc1ccccc1OC(C)CNC(=O)C(C)(C)CCl. The third-order valence-corrected chi connectivity index (χ3v) is 3.59. The Kier molecular flexibility index (Phi) is 5.67. The van der Waals surface area contributed by atoms with Gasteiger partial charge in [-0.2, -0.15) is 0 Å². The molecular formula is C15H22ClNO2. The van der Waals surface area contributed by atoms with E-state index in [0.717, 1.165) is 11.3 Å². The smallest absolute Gasteiger partial charge is 0.226 e. The van der Waals surface area contributed by atoms with Gasteiger partial charge in [-0.15, -0.1) is 11.6 Å². The number of carbonyl (C=O) groups is 1. The molecular weight excluding hydrogens is 262 g/mol. The monoisotopic (exact) mass is 283 g/mol. The summed E-state index contributed by atoms with van der Waals surface area (Å²) in [7, 11) is 0. The van der Waals surface area contributed by atoms with Gasteiger partial charge in [0.15, 0.2) is 0 Å². The number of hydrogen-bond donors (Lipinski definition) is 1. The van der Waals surface area contributed by atoms with Gasteiger partial charge in [0.05, 0.1) is 12.0 Å². The topological polar surface area (TPSA) is 38.3 Å². The van der Waals surface area contributed by atoms with Gasteiger partial charge in [0.2, 0.25) is 5.91 Å². The van der Waals surface area contributed by atoms with Crippen LogP contribution in [0.1, 0.15) is 26.3 Å². The normalized spacial score (nSPS) is 12.9. The average Bonchev–Trinajstić information content (AvgIpc) is 2.38. The Morgan fingerprint density at radius 3 is 2.63 bits per heavy atom. The minimum Gasteiger partial charge on any atom is -0.489 e. The molecule has 1 aromatic rings. The van der Waals surface area contributed by atoms with E-state index in [9.17, 15) is 4.79 Å². The Bertz CT molecular complexity index is 432. The van der Waals surface area contributed by atoms with E-state index in [2.05, 4.69) is 5.32 Å². The fourth-order valence-electron chi connectivity index (χ4n) is 1.48. The predicted octanol–water partition coefficient (Wildman–Crippen LogP) is 3.14. The van der Waals surface area contributed by atoms with Crippen molar-refractivity contribution in [2.45, 2.75) is 33.8 Å². The van der Waals surface area contributed by atoms with Crippen molar-refractivity contribution >= 4 is 17.5 Å². The molecule has 0 aliphatic heterocycles. The summed E-state index contributed by atoms with van der Waals surface area (Å²) in [6.07, 6.45) is -0.0869. The quantitative estimate of drug-likeness (QED) is 0.815. The van der Waals surface area contributed by atoms with Crippen molar-refractivity contribution in [3.8, 4) is 5.75 Å². The lowest BCUT2D eigenvalue weighted by atomic mass is 9.95. The van der Waals surface area contributed by atoms with Crippen LogP contribution >= 0.6 is 11.6 Å². The number of hydrogen-bond acceptors (Lipinski definition) is 2. The molecule has 0 saturated heterocycles. The molecule has 1 aromatic carbocycles. The molecule has 106 valence electrons. The van der Waals surface area contributed by atoms with Gasteiger partial charge in [-0.05, 0) is 39.3 Å². The molecule has 0 saturated carbocycles. The minimum absolute atomic E-state index is 0.0530. The first-order valence-corrected chi connectivity index (χ1v) is 6.97. The van der Waals surface area contributed by atoms with Crippen LogP contribution in [0.25, 0.3) is 0 Å². The van der Waals surface area contributed by atoms with Crippen molar-refractivity contribution in [2.24, 2.45) is 5.41 Å². The van der Waals surface area contributed by atoms with Crippen LogP contribution in [-0.2, 0) is 4.79 Å². The summed E-state index contributed by atoms with van der Waals surface area (Å²) in [6, 6.07) is 7.83. The summed E-state index contributed by atoms with van der Waals surface area (Å²) in [5.41, 5.74) is 0.533. The van der Waals surface area contributed by atoms with Crippen molar-refractivity contribution in [3.05, 3.63) is 29.8 Å². The second-order valence-electron chi connectivity index (χ2n) is 5.42. The predicted molar refractivity (Wildman–Crippen MR) is 78.8 cm³/mol. The van der Waals surface area contributed by atoms with E-state index in [1.807, 2.05) is 52.0 Å². The maximum Gasteiger partial charge on any atom is 0.226 e. The van der Waals surface area contributed by atoms with E-state index in [1.165, 1.54) is 0 Å². The minimum atomic E-state index is -0.552. The average molecular weight is 284 g/mol. The number of nitrogens with one attached hydrogen (secondary N) is 1. The Morgan fingerprint density at radius 1 is 1.42 bits per heavy atom. The van der Waals surface area contributed by atoms with E-state index in [0.29, 0.717) is 12.4 Å². The number of halogens is 1. The van der Waals surface area contributed by atoms with E-state index < -0.39 is 5.41 Å². The lowest BCUT2D eigenvalue weighted by molar-refractivity contribution is -0.128. The third-order valence-electron chi connectivity index (χ3n) is 2.92. The standard InChI is InChI=1S/C15H22ClNO2/c1-11-7-5-6-8-13(11)19-12(2)9-17-14(18)15(3,4)10-16/h5-8,12H,9-10H2,1-4H3,(H,17,18). The summed E-state index contributed by atoms with van der Waals surface area (Å²) in [6.45, 7) is 8.04. The van der Waals surface area contributed by atoms with Crippen LogP contribution in [0.3, 0.4) is 0 Å². The zero-order valence-corrected chi connectivity index (χ0v) is 12.8. The summed E-state index contributed by atoms with van der Waals surface area (Å²) in [4.78, 5) is 11.9. The first-order valence-electron chi connectivity index (χ1n) is 6.43. The molecule has 0 fully saturated rings. The Balaban J connectivity index is 2.47. The molecule has 4 heteroatoms. The molecule has 1 N–H and O–H groups in total. The molecule has 19 heavy (non-hydrogen) atoms. The van der Waals surface area contributed by atoms with E-state index in [-0.39, 0.29) is 12.0 Å². The van der Waals surface area contributed by atoms with E-state index in [1.54, 1.807) is 0 Å². The van der Waals surface area contributed by atoms with Crippen LogP contribution in [0.2, 0.25) is 0 Å². The second-order valence-corrected chi connectivity index (χ2v) is 5.69. The van der Waals surface area contributed by atoms with Crippen LogP contribution in [-0.4, -0.2) is 24.4 Å². The van der Waals surface area contributed by atoms with Gasteiger partial charge in [0.1, 0.15) is 11.9 Å². The Labute approximate surface area is 120 Å². The van der Waals surface area contributed by atoms with Crippen LogP contribution in [0.5, 0.6) is 5.75 Å². The maximum atomic E-state index is 11.9. The zero-order valence-electron chi connectivity index (χ0n) is 12.0. The Hall–Kier alpha value is -1.22. The van der Waals surface area contributed by atoms with Gasteiger partial charge in [-0.25, -0.2) is 0 Å². The molecule has 0 heterocycles. The van der Waals surface area contributed by atoms with Gasteiger partial charge in [0.25, 0.3) is 0 Å². The van der Waals surface area contributed by atoms with Gasteiger partial charge >= 0.3 is 0 Å². The number of ether oxygens (including phenoxy) is 1. The van der Waals surface area contributed by atoms with E-state index >= 15 is 0 Å². The molecule has 1 rings (SSSR count). The third kappa shape index (κ3) is 4.75. The van der Waals surface area contributed by atoms with Gasteiger partial charge in [-0.1, -0.05) is 18.2 Å². The number of para-hydroxylation sites is 1. The van der Waals surface area contributed by atoms with Crippen LogP contribution in [0.15, 0.2) is 24.3 Å². The fourth-order valence-corrected chi connectivity index (χ4v) is 1.60. The molecule has 0 bridgehead atoms. The number of benzene rings is 1. The Morgan fingerprint density at radius 2 is 2.05 bits per heavy atom. The first kappa shape index (κ1) is 15.8. The van der Waals surface area contributed by atoms with Gasteiger partial charge in [0, 0.05) is 5.88 Å². The first-order chi connectivity index (χ1) is 8.86. The van der Waals surface area contributed by atoms with Crippen molar-refractivity contribution in [2.75, 3.05) is 12.4 Å². The molecule has 0 aromatic heterocycles. The van der Waals surface area contributed by atoms with Crippen molar-refractivity contribution in [1.82, 2.24) is 5.32 Å². The highest BCUT2D eigenvalue weighted by Crippen LogP contribution is 2.18. The maximum absolute atomic E-state index is 11.9. The van der Waals surface area contributed by atoms with Crippen molar-refractivity contribution in [3.63, 3.8) is 0 Å². The molecule has 1 unspecified atom stereocenters. The molecule has 3 nitrogen and oxygen atoms in total. The number of rotatable bonds is 6. The molecule has 0 aliphatic carbocycles. The molecule has 1 amide bonds. The molecule has 0 aliphatic rings. The summed E-state index contributed by atoms with van der Waals surface area (Å²) in [5, 5.41) is 2.86. The van der Waals surface area contributed by atoms with Crippen molar-refractivity contribution in [1.29, 1.82) is 0 Å². The highest BCUT2D eigenvalue weighted by molar-refractivity contribution is 6.19. The zero-order chi connectivity index (χ0) is 14.5. The molecule has 0 spiro atoms. The summed E-state index contributed by atoms with van der Waals surface area (Å²) >= 11 is 5.76. The molecule has 0 radical (unpaired) electrons. The van der Waals surface area contributed by atoms with Crippen LogP contribution < -0.4 is 10.1 Å². The van der Waals surface area contributed by atoms with Crippen LogP contribution in [0, 0.1) is 12.3 Å². The highest BCUT2D eigenvalue weighted by Gasteiger charge is 2.26. The highest BCUT2D eigenvalue weighted by atomic mass is 35.5. The number of alkyl halides is 1. The summed E-state index contributed by atoms with van der Waals surface area (Å²) in [5.74, 6) is 1.09. The second kappa shape index (κ2) is 6.80. The van der Waals surface area contributed by atoms with Gasteiger partial charge in [-0.3, -0.25) is 4.79 Å². The largest absolute Gasteiger partial charge is 0.489 e.